The van der Waals surface area contributed by atoms with Crippen molar-refractivity contribution in [3.05, 3.63) is 33.8 Å². The van der Waals surface area contributed by atoms with Crippen LogP contribution >= 0.6 is 34.8 Å². The smallest absolute Gasteiger partial charge is 0.0637 e. The quantitative estimate of drug-likeness (QED) is 0.782. The summed E-state index contributed by atoms with van der Waals surface area (Å²) in [6, 6.07) is 6.27. The number of benzene rings is 1. The van der Waals surface area contributed by atoms with Crippen LogP contribution in [0.15, 0.2) is 18.2 Å². The first-order chi connectivity index (χ1) is 8.72. The maximum Gasteiger partial charge on any atom is 0.0637 e. The molecule has 2 unspecified atom stereocenters. The monoisotopic (exact) mass is 305 g/mol. The van der Waals surface area contributed by atoms with E-state index in [2.05, 4.69) is 5.32 Å². The number of halogens is 3. The van der Waals surface area contributed by atoms with E-state index >= 15 is 0 Å². The molecule has 0 saturated heterocycles. The standard InChI is InChI=1S/C14H18Cl3N/c15-8-10-4-1-2-7-13(10)18-9-11-5-3-6-12(16)14(11)17/h3,5-6,10,13,18H,1-2,4,7-9H2. The molecule has 1 aliphatic rings. The molecule has 2 atom stereocenters. The van der Waals surface area contributed by atoms with Crippen LogP contribution in [0.2, 0.25) is 10.0 Å². The summed E-state index contributed by atoms with van der Waals surface area (Å²) < 4.78 is 0. The van der Waals surface area contributed by atoms with Crippen molar-refractivity contribution < 1.29 is 0 Å². The molecule has 0 aromatic heterocycles. The van der Waals surface area contributed by atoms with Gasteiger partial charge in [-0.05, 0) is 30.4 Å². The average molecular weight is 307 g/mol. The molecule has 0 aliphatic heterocycles. The molecular formula is C14H18Cl3N. The van der Waals surface area contributed by atoms with Crippen molar-refractivity contribution in [3.8, 4) is 0 Å². The molecule has 1 aromatic carbocycles. The third-order valence-electron chi connectivity index (χ3n) is 3.69. The zero-order valence-electron chi connectivity index (χ0n) is 10.3. The number of hydrogen-bond donors (Lipinski definition) is 1. The molecule has 18 heavy (non-hydrogen) atoms. The number of hydrogen-bond acceptors (Lipinski definition) is 1. The van der Waals surface area contributed by atoms with Crippen molar-refractivity contribution in [2.24, 2.45) is 5.92 Å². The Morgan fingerprint density at radius 1 is 1.17 bits per heavy atom. The SMILES string of the molecule is ClCC1CCCCC1NCc1cccc(Cl)c1Cl. The van der Waals surface area contributed by atoms with Crippen LogP contribution in [-0.4, -0.2) is 11.9 Å². The van der Waals surface area contributed by atoms with Gasteiger partial charge in [-0.25, -0.2) is 0 Å². The summed E-state index contributed by atoms with van der Waals surface area (Å²) in [6.45, 7) is 0.761. The summed E-state index contributed by atoms with van der Waals surface area (Å²) in [5.74, 6) is 1.32. The fourth-order valence-electron chi connectivity index (χ4n) is 2.59. The summed E-state index contributed by atoms with van der Waals surface area (Å²) in [5.41, 5.74) is 1.06. The fraction of sp³-hybridized carbons (Fsp3) is 0.571. The zero-order chi connectivity index (χ0) is 13.0. The minimum Gasteiger partial charge on any atom is -0.310 e. The second-order valence-electron chi connectivity index (χ2n) is 4.90. The minimum absolute atomic E-state index is 0.506. The van der Waals surface area contributed by atoms with Gasteiger partial charge in [-0.3, -0.25) is 0 Å². The van der Waals surface area contributed by atoms with Gasteiger partial charge in [0, 0.05) is 18.5 Å². The van der Waals surface area contributed by atoms with Crippen LogP contribution in [-0.2, 0) is 6.54 Å². The summed E-state index contributed by atoms with van der Waals surface area (Å²) in [6.07, 6.45) is 5.02. The Hall–Kier alpha value is 0.0500. The molecular weight excluding hydrogens is 289 g/mol. The predicted molar refractivity (Wildman–Crippen MR) is 79.8 cm³/mol. The van der Waals surface area contributed by atoms with Crippen molar-refractivity contribution in [2.45, 2.75) is 38.3 Å². The third kappa shape index (κ3) is 3.54. The molecule has 1 aromatic rings. The molecule has 2 rings (SSSR count). The Bertz CT molecular complexity index is 395. The van der Waals surface area contributed by atoms with Crippen LogP contribution in [0.5, 0.6) is 0 Å². The normalized spacial score (nSPS) is 24.2. The first-order valence-corrected chi connectivity index (χ1v) is 7.73. The lowest BCUT2D eigenvalue weighted by Crippen LogP contribution is -2.39. The molecule has 100 valence electrons. The molecule has 0 radical (unpaired) electrons. The van der Waals surface area contributed by atoms with Gasteiger partial charge in [-0.2, -0.15) is 0 Å². The molecule has 1 fully saturated rings. The second kappa shape index (κ2) is 7.00. The third-order valence-corrected chi connectivity index (χ3v) is 4.95. The van der Waals surface area contributed by atoms with Crippen LogP contribution in [0.1, 0.15) is 31.2 Å². The highest BCUT2D eigenvalue weighted by molar-refractivity contribution is 6.42. The molecule has 0 spiro atoms. The number of rotatable bonds is 4. The van der Waals surface area contributed by atoms with Crippen molar-refractivity contribution in [3.63, 3.8) is 0 Å². The van der Waals surface area contributed by atoms with Gasteiger partial charge in [0.05, 0.1) is 10.0 Å². The first-order valence-electron chi connectivity index (χ1n) is 6.44. The van der Waals surface area contributed by atoms with E-state index < -0.39 is 0 Å². The highest BCUT2D eigenvalue weighted by atomic mass is 35.5. The van der Waals surface area contributed by atoms with Crippen molar-refractivity contribution >= 4 is 34.8 Å². The lowest BCUT2D eigenvalue weighted by Gasteiger charge is -2.31. The van der Waals surface area contributed by atoms with Gasteiger partial charge in [0.2, 0.25) is 0 Å². The van der Waals surface area contributed by atoms with Crippen LogP contribution in [0, 0.1) is 5.92 Å². The van der Waals surface area contributed by atoms with Gasteiger partial charge in [0.1, 0.15) is 0 Å². The van der Waals surface area contributed by atoms with Gasteiger partial charge in [-0.15, -0.1) is 11.6 Å². The zero-order valence-corrected chi connectivity index (χ0v) is 12.5. The highest BCUT2D eigenvalue weighted by Gasteiger charge is 2.23. The van der Waals surface area contributed by atoms with E-state index in [0.717, 1.165) is 18.0 Å². The van der Waals surface area contributed by atoms with E-state index in [1.807, 2.05) is 18.2 Å². The van der Waals surface area contributed by atoms with E-state index in [1.54, 1.807) is 0 Å². The van der Waals surface area contributed by atoms with E-state index in [-0.39, 0.29) is 0 Å². The molecule has 0 bridgehead atoms. The van der Waals surface area contributed by atoms with Crippen LogP contribution in [0.25, 0.3) is 0 Å². The summed E-state index contributed by atoms with van der Waals surface area (Å²) >= 11 is 18.2. The highest BCUT2D eigenvalue weighted by Crippen LogP contribution is 2.28. The van der Waals surface area contributed by atoms with Crippen LogP contribution in [0.4, 0.5) is 0 Å². The minimum atomic E-state index is 0.506. The molecule has 1 aliphatic carbocycles. The van der Waals surface area contributed by atoms with Crippen LogP contribution in [0.3, 0.4) is 0 Å². The van der Waals surface area contributed by atoms with Gasteiger partial charge in [0.15, 0.2) is 0 Å². The van der Waals surface area contributed by atoms with Gasteiger partial charge >= 0.3 is 0 Å². The molecule has 1 saturated carbocycles. The Morgan fingerprint density at radius 3 is 2.72 bits per heavy atom. The fourth-order valence-corrected chi connectivity index (χ4v) is 3.34. The lowest BCUT2D eigenvalue weighted by atomic mass is 9.85. The van der Waals surface area contributed by atoms with Crippen molar-refractivity contribution in [2.75, 3.05) is 5.88 Å². The molecule has 0 amide bonds. The van der Waals surface area contributed by atoms with Gasteiger partial charge < -0.3 is 5.32 Å². The first kappa shape index (κ1) is 14.5. The summed E-state index contributed by atoms with van der Waals surface area (Å²) in [7, 11) is 0. The molecule has 0 heterocycles. The Morgan fingerprint density at radius 2 is 1.94 bits per heavy atom. The Labute approximate surface area is 124 Å². The van der Waals surface area contributed by atoms with Gasteiger partial charge in [0.25, 0.3) is 0 Å². The number of alkyl halides is 1. The van der Waals surface area contributed by atoms with Gasteiger partial charge in [-0.1, -0.05) is 48.2 Å². The largest absolute Gasteiger partial charge is 0.310 e. The van der Waals surface area contributed by atoms with E-state index in [9.17, 15) is 0 Å². The molecule has 4 heteroatoms. The lowest BCUT2D eigenvalue weighted by molar-refractivity contribution is 0.282. The second-order valence-corrected chi connectivity index (χ2v) is 5.99. The van der Waals surface area contributed by atoms with E-state index in [0.29, 0.717) is 22.0 Å². The number of nitrogens with one attached hydrogen (secondary N) is 1. The Kier molecular flexibility index (Phi) is 5.62. The maximum atomic E-state index is 6.18. The van der Waals surface area contributed by atoms with Crippen molar-refractivity contribution in [1.82, 2.24) is 5.32 Å². The van der Waals surface area contributed by atoms with E-state index in [1.165, 1.54) is 25.7 Å². The molecule has 1 nitrogen and oxygen atoms in total. The maximum absolute atomic E-state index is 6.18. The van der Waals surface area contributed by atoms with Crippen molar-refractivity contribution in [1.29, 1.82) is 0 Å². The van der Waals surface area contributed by atoms with Crippen LogP contribution < -0.4 is 5.32 Å². The molecule has 1 N–H and O–H groups in total. The predicted octanol–water partition coefficient (Wildman–Crippen LogP) is 4.88. The Balaban J connectivity index is 1.96. The topological polar surface area (TPSA) is 12.0 Å². The summed E-state index contributed by atoms with van der Waals surface area (Å²) in [5, 5.41) is 4.86. The van der Waals surface area contributed by atoms with E-state index in [4.69, 9.17) is 34.8 Å². The summed E-state index contributed by atoms with van der Waals surface area (Å²) in [4.78, 5) is 0. The average Bonchev–Trinajstić information content (AvgIpc) is 2.41.